The van der Waals surface area contributed by atoms with Gasteiger partial charge in [-0.1, -0.05) is 15.9 Å². The van der Waals surface area contributed by atoms with Crippen molar-refractivity contribution in [2.24, 2.45) is 0 Å². The molecule has 0 aliphatic carbocycles. The van der Waals surface area contributed by atoms with E-state index in [9.17, 15) is 13.2 Å². The fourth-order valence-corrected chi connectivity index (χ4v) is 1.77. The Bertz CT molecular complexity index is 643. The van der Waals surface area contributed by atoms with Crippen LogP contribution >= 0.6 is 15.9 Å². The van der Waals surface area contributed by atoms with Crippen LogP contribution in [0.4, 0.5) is 30.5 Å². The Balaban J connectivity index is 2.33. The molecule has 0 saturated heterocycles. The molecule has 0 aliphatic rings. The molecule has 0 fully saturated rings. The predicted molar refractivity (Wildman–Crippen MR) is 73.6 cm³/mol. The zero-order valence-electron chi connectivity index (χ0n) is 10.3. The van der Waals surface area contributed by atoms with Crippen LogP contribution in [-0.4, -0.2) is 9.97 Å². The second kappa shape index (κ2) is 5.28. The maximum Gasteiger partial charge on any atom is 0.451 e. The van der Waals surface area contributed by atoms with E-state index in [0.29, 0.717) is 5.69 Å². The maximum atomic E-state index is 12.6. The number of benzene rings is 1. The van der Waals surface area contributed by atoms with Gasteiger partial charge in [0.1, 0.15) is 11.6 Å². The minimum absolute atomic E-state index is 0.00783. The molecule has 1 heterocycles. The molecular weight excluding hydrogens is 337 g/mol. The largest absolute Gasteiger partial charge is 0.451 e. The summed E-state index contributed by atoms with van der Waals surface area (Å²) in [7, 11) is 0. The van der Waals surface area contributed by atoms with E-state index in [1.165, 1.54) is 6.07 Å². The minimum atomic E-state index is -4.64. The van der Waals surface area contributed by atoms with E-state index in [4.69, 9.17) is 5.73 Å². The second-order valence-electron chi connectivity index (χ2n) is 4.09. The minimum Gasteiger partial charge on any atom is -0.384 e. The molecule has 0 bridgehead atoms. The zero-order chi connectivity index (χ0) is 14.9. The van der Waals surface area contributed by atoms with Gasteiger partial charge in [0.25, 0.3) is 0 Å². The van der Waals surface area contributed by atoms with Crippen molar-refractivity contribution in [3.63, 3.8) is 0 Å². The predicted octanol–water partition coefficient (Wildman–Crippen LogP) is 3.89. The molecule has 8 heteroatoms. The molecule has 0 amide bonds. The van der Waals surface area contributed by atoms with Gasteiger partial charge in [0, 0.05) is 16.2 Å². The summed E-state index contributed by atoms with van der Waals surface area (Å²) in [5.41, 5.74) is 6.91. The fraction of sp³-hybridized carbons (Fsp3) is 0.167. The lowest BCUT2D eigenvalue weighted by Crippen LogP contribution is -2.13. The molecule has 0 atom stereocenters. The summed E-state index contributed by atoms with van der Waals surface area (Å²) in [6.45, 7) is 1.87. The quantitative estimate of drug-likeness (QED) is 0.865. The molecular formula is C12H10BrF3N4. The molecule has 0 aliphatic heterocycles. The number of anilines is 3. The van der Waals surface area contributed by atoms with Crippen molar-refractivity contribution in [2.75, 3.05) is 11.1 Å². The van der Waals surface area contributed by atoms with Gasteiger partial charge in [-0.25, -0.2) is 9.97 Å². The molecule has 2 rings (SSSR count). The highest BCUT2D eigenvalue weighted by Crippen LogP contribution is 2.29. The average Bonchev–Trinajstić information content (AvgIpc) is 2.32. The lowest BCUT2D eigenvalue weighted by Gasteiger charge is -2.11. The Hall–Kier alpha value is -1.83. The number of alkyl halides is 3. The van der Waals surface area contributed by atoms with Crippen LogP contribution in [0.1, 0.15) is 11.4 Å². The molecule has 0 unspecified atom stereocenters. The van der Waals surface area contributed by atoms with Gasteiger partial charge in [-0.05, 0) is 30.7 Å². The van der Waals surface area contributed by atoms with Crippen LogP contribution in [0.5, 0.6) is 0 Å². The average molecular weight is 347 g/mol. The number of aryl methyl sites for hydroxylation is 1. The number of nitrogens with one attached hydrogen (secondary N) is 1. The highest BCUT2D eigenvalue weighted by atomic mass is 79.9. The van der Waals surface area contributed by atoms with Crippen LogP contribution in [0.25, 0.3) is 0 Å². The summed E-state index contributed by atoms with van der Waals surface area (Å²) in [6.07, 6.45) is -4.64. The SMILES string of the molecule is Cc1cc(Nc2cc(N)nc(C(F)(F)F)n2)ccc1Br. The molecule has 20 heavy (non-hydrogen) atoms. The third-order valence-electron chi connectivity index (χ3n) is 2.43. The number of nitrogens with zero attached hydrogens (tertiary/aromatic N) is 2. The Morgan fingerprint density at radius 1 is 1.20 bits per heavy atom. The number of nitrogens with two attached hydrogens (primary N) is 1. The van der Waals surface area contributed by atoms with Crippen molar-refractivity contribution in [3.8, 4) is 0 Å². The normalized spacial score (nSPS) is 11.4. The fourth-order valence-electron chi connectivity index (χ4n) is 1.53. The number of nitrogen functional groups attached to an aromatic ring is 1. The van der Waals surface area contributed by atoms with Gasteiger partial charge in [0.05, 0.1) is 0 Å². The van der Waals surface area contributed by atoms with Crippen LogP contribution in [0.3, 0.4) is 0 Å². The summed E-state index contributed by atoms with van der Waals surface area (Å²) in [4.78, 5) is 6.59. The lowest BCUT2D eigenvalue weighted by molar-refractivity contribution is -0.144. The van der Waals surface area contributed by atoms with Crippen LogP contribution in [0, 0.1) is 6.92 Å². The first-order valence-corrected chi connectivity index (χ1v) is 6.30. The third-order valence-corrected chi connectivity index (χ3v) is 3.32. The van der Waals surface area contributed by atoms with Gasteiger partial charge < -0.3 is 11.1 Å². The van der Waals surface area contributed by atoms with Gasteiger partial charge in [-0.15, -0.1) is 0 Å². The van der Waals surface area contributed by atoms with Gasteiger partial charge >= 0.3 is 6.18 Å². The van der Waals surface area contributed by atoms with Gasteiger partial charge in [0.15, 0.2) is 0 Å². The maximum absolute atomic E-state index is 12.6. The van der Waals surface area contributed by atoms with Crippen LogP contribution in [0.2, 0.25) is 0 Å². The third kappa shape index (κ3) is 3.38. The highest BCUT2D eigenvalue weighted by Gasteiger charge is 2.35. The van der Waals surface area contributed by atoms with E-state index in [2.05, 4.69) is 31.2 Å². The second-order valence-corrected chi connectivity index (χ2v) is 4.94. The molecule has 4 nitrogen and oxygen atoms in total. The number of hydrogen-bond donors (Lipinski definition) is 2. The zero-order valence-corrected chi connectivity index (χ0v) is 11.9. The standard InChI is InChI=1S/C12H10BrF3N4/c1-6-4-7(2-3-8(6)13)18-10-5-9(17)19-11(20-10)12(14,15)16/h2-5H,1H3,(H3,17,18,19,20). The summed E-state index contributed by atoms with van der Waals surface area (Å²) >= 11 is 3.34. The van der Waals surface area contributed by atoms with E-state index in [-0.39, 0.29) is 11.6 Å². The van der Waals surface area contributed by atoms with Crippen molar-refractivity contribution < 1.29 is 13.2 Å². The number of hydrogen-bond acceptors (Lipinski definition) is 4. The summed E-state index contributed by atoms with van der Waals surface area (Å²) in [6, 6.07) is 6.51. The van der Waals surface area contributed by atoms with E-state index in [1.54, 1.807) is 18.2 Å². The lowest BCUT2D eigenvalue weighted by atomic mass is 10.2. The molecule has 3 N–H and O–H groups in total. The van der Waals surface area contributed by atoms with Crippen molar-refractivity contribution in [2.45, 2.75) is 13.1 Å². The topological polar surface area (TPSA) is 63.8 Å². The van der Waals surface area contributed by atoms with E-state index in [1.807, 2.05) is 6.92 Å². The van der Waals surface area contributed by atoms with Crippen molar-refractivity contribution >= 4 is 33.3 Å². The van der Waals surface area contributed by atoms with Crippen molar-refractivity contribution in [1.29, 1.82) is 0 Å². The summed E-state index contributed by atoms with van der Waals surface area (Å²) in [5, 5.41) is 2.77. The van der Waals surface area contributed by atoms with E-state index >= 15 is 0 Å². The molecule has 1 aromatic carbocycles. The van der Waals surface area contributed by atoms with Gasteiger partial charge in [-0.2, -0.15) is 13.2 Å². The molecule has 0 spiro atoms. The van der Waals surface area contributed by atoms with Crippen LogP contribution < -0.4 is 11.1 Å². The van der Waals surface area contributed by atoms with Crippen molar-refractivity contribution in [1.82, 2.24) is 9.97 Å². The first kappa shape index (κ1) is 14.6. The van der Waals surface area contributed by atoms with Gasteiger partial charge in [-0.3, -0.25) is 0 Å². The molecule has 106 valence electrons. The number of aromatic nitrogens is 2. The first-order chi connectivity index (χ1) is 9.25. The number of rotatable bonds is 2. The first-order valence-electron chi connectivity index (χ1n) is 5.50. The van der Waals surface area contributed by atoms with Gasteiger partial charge in [0.2, 0.25) is 5.82 Å². The van der Waals surface area contributed by atoms with Crippen molar-refractivity contribution in [3.05, 3.63) is 40.1 Å². The number of halogens is 4. The van der Waals surface area contributed by atoms with E-state index in [0.717, 1.165) is 10.0 Å². The Morgan fingerprint density at radius 3 is 2.50 bits per heavy atom. The van der Waals surface area contributed by atoms with E-state index < -0.39 is 12.0 Å². The highest BCUT2D eigenvalue weighted by molar-refractivity contribution is 9.10. The smallest absolute Gasteiger partial charge is 0.384 e. The van der Waals surface area contributed by atoms with Crippen LogP contribution in [-0.2, 0) is 6.18 Å². The molecule has 0 radical (unpaired) electrons. The summed E-state index contributed by atoms with van der Waals surface area (Å²) < 4.78 is 38.7. The molecule has 1 aromatic heterocycles. The Labute approximate surface area is 121 Å². The Kier molecular flexibility index (Phi) is 3.85. The monoisotopic (exact) mass is 346 g/mol. The molecule has 2 aromatic rings. The summed E-state index contributed by atoms with van der Waals surface area (Å²) in [5.74, 6) is -1.52. The Morgan fingerprint density at radius 2 is 1.90 bits per heavy atom. The molecule has 0 saturated carbocycles. The van der Waals surface area contributed by atoms with Crippen LogP contribution in [0.15, 0.2) is 28.7 Å².